The van der Waals surface area contributed by atoms with Gasteiger partial charge in [-0.3, -0.25) is 4.79 Å². The summed E-state index contributed by atoms with van der Waals surface area (Å²) in [5.74, 6) is 1.40. The van der Waals surface area contributed by atoms with Gasteiger partial charge in [0, 0.05) is 17.1 Å². The number of fused-ring (bicyclic) bond motifs is 1. The topological polar surface area (TPSA) is 73.3 Å². The molecule has 0 atom stereocenters. The molecule has 0 spiro atoms. The molecule has 4 rings (SSSR count). The van der Waals surface area contributed by atoms with E-state index in [1.54, 1.807) is 32.4 Å². The highest BCUT2D eigenvalue weighted by atomic mass is 35.5. The van der Waals surface area contributed by atoms with Gasteiger partial charge in [0.15, 0.2) is 0 Å². The maximum atomic E-state index is 13.1. The highest BCUT2D eigenvalue weighted by Gasteiger charge is 2.17. The van der Waals surface area contributed by atoms with Gasteiger partial charge in [0.25, 0.3) is 5.91 Å². The first-order valence-electron chi connectivity index (χ1n) is 9.14. The lowest BCUT2D eigenvalue weighted by Gasteiger charge is -2.13. The summed E-state index contributed by atoms with van der Waals surface area (Å²) < 4.78 is 10.8. The molecule has 0 aliphatic heterocycles. The van der Waals surface area contributed by atoms with Crippen LogP contribution in [0.5, 0.6) is 11.5 Å². The zero-order chi connectivity index (χ0) is 21.1. The maximum Gasteiger partial charge on any atom is 0.257 e. The van der Waals surface area contributed by atoms with Gasteiger partial charge >= 0.3 is 0 Å². The van der Waals surface area contributed by atoms with Gasteiger partial charge < -0.3 is 14.8 Å². The second-order valence-corrected chi connectivity index (χ2v) is 6.89. The molecule has 4 aromatic rings. The molecular formula is C23H18ClN3O3. The molecule has 1 amide bonds. The van der Waals surface area contributed by atoms with E-state index in [0.29, 0.717) is 39.1 Å². The Balaban J connectivity index is 1.84. The van der Waals surface area contributed by atoms with Crippen molar-refractivity contribution in [3.63, 3.8) is 0 Å². The maximum absolute atomic E-state index is 13.1. The molecule has 0 saturated heterocycles. The first kappa shape index (κ1) is 19.7. The van der Waals surface area contributed by atoms with E-state index in [1.807, 2.05) is 42.5 Å². The highest BCUT2D eigenvalue weighted by Crippen LogP contribution is 2.34. The average molecular weight is 420 g/mol. The van der Waals surface area contributed by atoms with Crippen molar-refractivity contribution in [1.82, 2.24) is 9.97 Å². The van der Waals surface area contributed by atoms with Crippen molar-refractivity contribution in [2.45, 2.75) is 0 Å². The Morgan fingerprint density at radius 1 is 1.00 bits per heavy atom. The summed E-state index contributed by atoms with van der Waals surface area (Å²) in [5.41, 5.74) is 2.48. The number of aromatic nitrogens is 2. The third-order valence-electron chi connectivity index (χ3n) is 4.61. The summed E-state index contributed by atoms with van der Waals surface area (Å²) in [6, 6.07) is 18.0. The SMILES string of the molecule is COc1ccc(OC)c(-c2cc(C(=O)Nc3ccc(Cl)cn3)c3ccccc3n2)c1. The van der Waals surface area contributed by atoms with Crippen LogP contribution in [0.4, 0.5) is 5.82 Å². The lowest BCUT2D eigenvalue weighted by Crippen LogP contribution is -2.14. The lowest BCUT2D eigenvalue weighted by molar-refractivity contribution is 0.102. The largest absolute Gasteiger partial charge is 0.497 e. The van der Waals surface area contributed by atoms with Crippen LogP contribution in [0.1, 0.15) is 10.4 Å². The van der Waals surface area contributed by atoms with Crippen LogP contribution in [-0.4, -0.2) is 30.1 Å². The highest BCUT2D eigenvalue weighted by molar-refractivity contribution is 6.30. The van der Waals surface area contributed by atoms with E-state index in [-0.39, 0.29) is 5.91 Å². The van der Waals surface area contributed by atoms with Crippen LogP contribution in [0.25, 0.3) is 22.2 Å². The fraction of sp³-hybridized carbons (Fsp3) is 0.0870. The van der Waals surface area contributed by atoms with Gasteiger partial charge in [-0.2, -0.15) is 0 Å². The van der Waals surface area contributed by atoms with Crippen molar-refractivity contribution < 1.29 is 14.3 Å². The van der Waals surface area contributed by atoms with Crippen LogP contribution in [0, 0.1) is 0 Å². The number of pyridine rings is 2. The number of nitrogens with one attached hydrogen (secondary N) is 1. The molecule has 0 bridgehead atoms. The zero-order valence-electron chi connectivity index (χ0n) is 16.3. The van der Waals surface area contributed by atoms with E-state index < -0.39 is 0 Å². The number of hydrogen-bond acceptors (Lipinski definition) is 5. The minimum absolute atomic E-state index is 0.300. The second-order valence-electron chi connectivity index (χ2n) is 6.45. The van der Waals surface area contributed by atoms with Crippen molar-refractivity contribution in [2.24, 2.45) is 0 Å². The van der Waals surface area contributed by atoms with E-state index in [0.717, 1.165) is 10.9 Å². The Morgan fingerprint density at radius 2 is 1.83 bits per heavy atom. The number of carbonyl (C=O) groups excluding carboxylic acids is 1. The van der Waals surface area contributed by atoms with Gasteiger partial charge in [-0.25, -0.2) is 9.97 Å². The normalized spacial score (nSPS) is 10.6. The van der Waals surface area contributed by atoms with Crippen molar-refractivity contribution in [2.75, 3.05) is 19.5 Å². The van der Waals surface area contributed by atoms with E-state index in [9.17, 15) is 4.79 Å². The van der Waals surface area contributed by atoms with Crippen LogP contribution in [0.3, 0.4) is 0 Å². The number of hydrogen-bond donors (Lipinski definition) is 1. The number of rotatable bonds is 5. The molecule has 150 valence electrons. The number of ether oxygens (including phenoxy) is 2. The monoisotopic (exact) mass is 419 g/mol. The van der Waals surface area contributed by atoms with E-state index >= 15 is 0 Å². The van der Waals surface area contributed by atoms with Gasteiger partial charge in [0.2, 0.25) is 0 Å². The summed E-state index contributed by atoms with van der Waals surface area (Å²) in [5, 5.41) is 4.04. The summed E-state index contributed by atoms with van der Waals surface area (Å²) in [4.78, 5) is 22.0. The molecule has 0 aliphatic rings. The van der Waals surface area contributed by atoms with Gasteiger partial charge in [0.05, 0.1) is 36.0 Å². The molecule has 7 heteroatoms. The third kappa shape index (κ3) is 3.90. The number of carbonyl (C=O) groups is 1. The summed E-state index contributed by atoms with van der Waals surface area (Å²) in [6.45, 7) is 0. The quantitative estimate of drug-likeness (QED) is 0.480. The predicted octanol–water partition coefficient (Wildman–Crippen LogP) is 5.22. The predicted molar refractivity (Wildman–Crippen MR) is 117 cm³/mol. The molecule has 6 nitrogen and oxygen atoms in total. The molecule has 0 fully saturated rings. The molecule has 0 aliphatic carbocycles. The van der Waals surface area contributed by atoms with Crippen LogP contribution in [0.15, 0.2) is 66.9 Å². The first-order valence-corrected chi connectivity index (χ1v) is 9.52. The van der Waals surface area contributed by atoms with E-state index in [2.05, 4.69) is 10.3 Å². The zero-order valence-corrected chi connectivity index (χ0v) is 17.1. The van der Waals surface area contributed by atoms with Crippen LogP contribution in [-0.2, 0) is 0 Å². The average Bonchev–Trinajstić information content (AvgIpc) is 2.79. The van der Waals surface area contributed by atoms with Crippen molar-refractivity contribution in [3.8, 4) is 22.8 Å². The molecule has 2 heterocycles. The molecular weight excluding hydrogens is 402 g/mol. The first-order chi connectivity index (χ1) is 14.6. The molecule has 0 saturated carbocycles. The number of methoxy groups -OCH3 is 2. The van der Waals surface area contributed by atoms with Crippen LogP contribution < -0.4 is 14.8 Å². The van der Waals surface area contributed by atoms with E-state index in [4.69, 9.17) is 26.1 Å². The fourth-order valence-corrected chi connectivity index (χ4v) is 3.26. The van der Waals surface area contributed by atoms with E-state index in [1.165, 1.54) is 6.20 Å². The third-order valence-corrected chi connectivity index (χ3v) is 4.84. The number of amides is 1. The van der Waals surface area contributed by atoms with Crippen molar-refractivity contribution in [3.05, 3.63) is 77.4 Å². The molecule has 0 radical (unpaired) electrons. The standard InChI is InChI=1S/C23H18ClN3O3/c1-29-15-8-9-21(30-2)18(11-15)20-12-17(16-5-3-4-6-19(16)26-20)23(28)27-22-10-7-14(24)13-25-22/h3-13H,1-2H3,(H,25,27,28). The minimum Gasteiger partial charge on any atom is -0.497 e. The molecule has 2 aromatic heterocycles. The van der Waals surface area contributed by atoms with Gasteiger partial charge in [-0.15, -0.1) is 0 Å². The molecule has 1 N–H and O–H groups in total. The molecule has 30 heavy (non-hydrogen) atoms. The number of anilines is 1. The summed E-state index contributed by atoms with van der Waals surface area (Å²) in [7, 11) is 3.18. The van der Waals surface area contributed by atoms with Crippen LogP contribution in [0.2, 0.25) is 5.02 Å². The lowest BCUT2D eigenvalue weighted by atomic mass is 10.0. The summed E-state index contributed by atoms with van der Waals surface area (Å²) in [6.07, 6.45) is 1.48. The molecule has 0 unspecified atom stereocenters. The van der Waals surface area contributed by atoms with Gasteiger partial charge in [-0.05, 0) is 42.5 Å². The Bertz CT molecular complexity index is 1230. The second kappa shape index (κ2) is 8.39. The van der Waals surface area contributed by atoms with Gasteiger partial charge in [0.1, 0.15) is 17.3 Å². The smallest absolute Gasteiger partial charge is 0.257 e. The van der Waals surface area contributed by atoms with Crippen LogP contribution >= 0.6 is 11.6 Å². The van der Waals surface area contributed by atoms with Gasteiger partial charge in [-0.1, -0.05) is 29.8 Å². The number of halogens is 1. The number of nitrogens with zero attached hydrogens (tertiary/aromatic N) is 2. The number of para-hydroxylation sites is 1. The molecule has 2 aromatic carbocycles. The van der Waals surface area contributed by atoms with Crippen molar-refractivity contribution in [1.29, 1.82) is 0 Å². The Kier molecular flexibility index (Phi) is 5.50. The summed E-state index contributed by atoms with van der Waals surface area (Å²) >= 11 is 5.88. The Morgan fingerprint density at radius 3 is 2.57 bits per heavy atom. The Labute approximate surface area is 178 Å². The fourth-order valence-electron chi connectivity index (χ4n) is 3.15. The number of benzene rings is 2. The Hall–Kier alpha value is -3.64. The van der Waals surface area contributed by atoms with Crippen molar-refractivity contribution >= 4 is 34.2 Å². The minimum atomic E-state index is -0.300.